The summed E-state index contributed by atoms with van der Waals surface area (Å²) >= 11 is 0. The molecule has 1 saturated heterocycles. The Morgan fingerprint density at radius 3 is 2.45 bits per heavy atom. The molecule has 0 aromatic heterocycles. The van der Waals surface area contributed by atoms with Gasteiger partial charge in [-0.3, -0.25) is 4.79 Å². The number of carbonyl (C=O) groups excluding carboxylic acids is 1. The molecule has 0 aliphatic carbocycles. The van der Waals surface area contributed by atoms with Crippen LogP contribution < -0.4 is 14.9 Å². The van der Waals surface area contributed by atoms with E-state index in [1.807, 2.05) is 4.90 Å². The van der Waals surface area contributed by atoms with Crippen LogP contribution in [0.2, 0.25) is 0 Å². The summed E-state index contributed by atoms with van der Waals surface area (Å²) in [6.07, 6.45) is 2.85. The normalized spacial score (nSPS) is 14.9. The van der Waals surface area contributed by atoms with Crippen molar-refractivity contribution < 1.29 is 22.3 Å². The van der Waals surface area contributed by atoms with E-state index < -0.39 is 21.7 Å². The molecule has 2 aromatic carbocycles. The lowest BCUT2D eigenvalue weighted by Gasteiger charge is -2.29. The number of nitrogens with one attached hydrogen (secondary N) is 2. The Hall–Kier alpha value is -2.75. The number of sulfonamides is 1. The maximum atomic E-state index is 14.4. The number of benzene rings is 2. The third kappa shape index (κ3) is 5.41. The van der Waals surface area contributed by atoms with Gasteiger partial charge in [-0.05, 0) is 49.0 Å². The zero-order chi connectivity index (χ0) is 20.9. The van der Waals surface area contributed by atoms with Gasteiger partial charge in [-0.15, -0.1) is 0 Å². The van der Waals surface area contributed by atoms with Gasteiger partial charge in [0, 0.05) is 24.9 Å². The van der Waals surface area contributed by atoms with E-state index in [0.29, 0.717) is 43.2 Å². The number of halogens is 1. The average Bonchev–Trinajstić information content (AvgIpc) is 2.73. The second-order valence-corrected chi connectivity index (χ2v) is 8.25. The molecule has 2 aromatic rings. The molecule has 154 valence electrons. The zero-order valence-corrected chi connectivity index (χ0v) is 16.7. The highest BCUT2D eigenvalue weighted by molar-refractivity contribution is 7.89. The molecule has 0 bridgehead atoms. The third-order valence-corrected chi connectivity index (χ3v) is 5.88. The van der Waals surface area contributed by atoms with E-state index in [2.05, 4.69) is 10.0 Å². The average molecular weight is 419 g/mol. The third-order valence-electron chi connectivity index (χ3n) is 4.45. The standard InChI is InChI=1S/C20H22FN3O4S/c1-22-29(26,27)17-6-2-15(3-7-17)4-9-20(25)23-16-5-8-19(18(21)14-16)24-10-12-28-13-11-24/h2-9,14,22H,10-13H2,1H3,(H,23,25)/b9-4+. The van der Waals surface area contributed by atoms with Gasteiger partial charge in [-0.2, -0.15) is 0 Å². The Morgan fingerprint density at radius 2 is 1.83 bits per heavy atom. The van der Waals surface area contributed by atoms with Crippen LogP contribution in [0.1, 0.15) is 5.56 Å². The summed E-state index contributed by atoms with van der Waals surface area (Å²) in [5.74, 6) is -0.828. The van der Waals surface area contributed by atoms with Crippen molar-refractivity contribution in [2.24, 2.45) is 0 Å². The van der Waals surface area contributed by atoms with Gasteiger partial charge in [0.25, 0.3) is 0 Å². The molecule has 0 atom stereocenters. The van der Waals surface area contributed by atoms with E-state index in [4.69, 9.17) is 4.74 Å². The minimum absolute atomic E-state index is 0.137. The van der Waals surface area contributed by atoms with Crippen molar-refractivity contribution in [1.29, 1.82) is 0 Å². The fourth-order valence-corrected chi connectivity index (χ4v) is 3.61. The second-order valence-electron chi connectivity index (χ2n) is 6.36. The molecule has 1 aliphatic rings. The van der Waals surface area contributed by atoms with Crippen LogP contribution in [0.4, 0.5) is 15.8 Å². The van der Waals surface area contributed by atoms with E-state index >= 15 is 0 Å². The summed E-state index contributed by atoms with van der Waals surface area (Å²) in [4.78, 5) is 14.1. The lowest BCUT2D eigenvalue weighted by Crippen LogP contribution is -2.36. The van der Waals surface area contributed by atoms with Gasteiger partial charge in [0.05, 0.1) is 23.8 Å². The van der Waals surface area contributed by atoms with Crippen LogP contribution in [0.15, 0.2) is 53.4 Å². The van der Waals surface area contributed by atoms with Gasteiger partial charge in [-0.1, -0.05) is 12.1 Å². The minimum atomic E-state index is -3.50. The number of anilines is 2. The van der Waals surface area contributed by atoms with Crippen molar-refractivity contribution >= 4 is 33.4 Å². The molecular formula is C20H22FN3O4S. The van der Waals surface area contributed by atoms with Gasteiger partial charge < -0.3 is 15.0 Å². The first kappa shape index (κ1) is 21.0. The molecule has 0 radical (unpaired) electrons. The van der Waals surface area contributed by atoms with Crippen molar-refractivity contribution in [2.45, 2.75) is 4.90 Å². The predicted molar refractivity (Wildman–Crippen MR) is 110 cm³/mol. The van der Waals surface area contributed by atoms with Gasteiger partial charge in [0.1, 0.15) is 5.82 Å². The Morgan fingerprint density at radius 1 is 1.14 bits per heavy atom. The quantitative estimate of drug-likeness (QED) is 0.701. The van der Waals surface area contributed by atoms with Crippen LogP contribution in [0, 0.1) is 5.82 Å². The van der Waals surface area contributed by atoms with Crippen molar-refractivity contribution in [2.75, 3.05) is 43.6 Å². The lowest BCUT2D eigenvalue weighted by molar-refractivity contribution is -0.111. The van der Waals surface area contributed by atoms with E-state index in [0.717, 1.165) is 0 Å². The van der Waals surface area contributed by atoms with Crippen LogP contribution in [0.25, 0.3) is 6.08 Å². The fraction of sp³-hybridized carbons (Fsp3) is 0.250. The molecule has 1 fully saturated rings. The van der Waals surface area contributed by atoms with Crippen molar-refractivity contribution in [3.8, 4) is 0 Å². The van der Waals surface area contributed by atoms with Crippen LogP contribution in [0.5, 0.6) is 0 Å². The molecule has 0 saturated carbocycles. The molecule has 0 spiro atoms. The lowest BCUT2D eigenvalue weighted by atomic mass is 10.2. The summed E-state index contributed by atoms with van der Waals surface area (Å²) in [6, 6.07) is 10.6. The first-order chi connectivity index (χ1) is 13.9. The Labute approximate surface area is 169 Å². The van der Waals surface area contributed by atoms with E-state index in [9.17, 15) is 17.6 Å². The molecule has 2 N–H and O–H groups in total. The Balaban J connectivity index is 1.62. The molecule has 0 unspecified atom stereocenters. The monoisotopic (exact) mass is 419 g/mol. The first-order valence-electron chi connectivity index (χ1n) is 9.04. The molecular weight excluding hydrogens is 397 g/mol. The first-order valence-corrected chi connectivity index (χ1v) is 10.5. The number of hydrogen-bond acceptors (Lipinski definition) is 5. The van der Waals surface area contributed by atoms with Crippen molar-refractivity contribution in [3.05, 3.63) is 59.9 Å². The van der Waals surface area contributed by atoms with Crippen LogP contribution in [-0.4, -0.2) is 47.7 Å². The maximum absolute atomic E-state index is 14.4. The molecule has 7 nitrogen and oxygen atoms in total. The van der Waals surface area contributed by atoms with E-state index in [1.165, 1.54) is 31.3 Å². The van der Waals surface area contributed by atoms with E-state index in [-0.39, 0.29) is 4.90 Å². The zero-order valence-electron chi connectivity index (χ0n) is 15.9. The van der Waals surface area contributed by atoms with Crippen LogP contribution in [0.3, 0.4) is 0 Å². The fourth-order valence-electron chi connectivity index (χ4n) is 2.88. The highest BCUT2D eigenvalue weighted by Gasteiger charge is 2.15. The smallest absolute Gasteiger partial charge is 0.248 e. The molecule has 29 heavy (non-hydrogen) atoms. The molecule has 1 aliphatic heterocycles. The van der Waals surface area contributed by atoms with Gasteiger partial charge in [0.15, 0.2) is 0 Å². The number of hydrogen-bond donors (Lipinski definition) is 2. The van der Waals surface area contributed by atoms with Crippen LogP contribution >= 0.6 is 0 Å². The van der Waals surface area contributed by atoms with Gasteiger partial charge >= 0.3 is 0 Å². The second kappa shape index (κ2) is 9.17. The number of nitrogens with zero attached hydrogens (tertiary/aromatic N) is 1. The van der Waals surface area contributed by atoms with Crippen molar-refractivity contribution in [3.63, 3.8) is 0 Å². The summed E-state index contributed by atoms with van der Waals surface area (Å²) < 4.78 is 45.3. The molecule has 3 rings (SSSR count). The Bertz CT molecular complexity index is 1000. The highest BCUT2D eigenvalue weighted by atomic mass is 32.2. The largest absolute Gasteiger partial charge is 0.378 e. The number of rotatable bonds is 6. The highest BCUT2D eigenvalue weighted by Crippen LogP contribution is 2.23. The summed E-state index contributed by atoms with van der Waals surface area (Å²) in [7, 11) is -2.17. The Kier molecular flexibility index (Phi) is 6.63. The van der Waals surface area contributed by atoms with Crippen molar-refractivity contribution in [1.82, 2.24) is 4.72 Å². The molecule has 1 amide bonds. The predicted octanol–water partition coefficient (Wildman–Crippen LogP) is 2.22. The molecule has 1 heterocycles. The topological polar surface area (TPSA) is 87.7 Å². The van der Waals surface area contributed by atoms with Gasteiger partial charge in [-0.25, -0.2) is 17.5 Å². The number of amides is 1. The maximum Gasteiger partial charge on any atom is 0.248 e. The van der Waals surface area contributed by atoms with E-state index in [1.54, 1.807) is 30.3 Å². The van der Waals surface area contributed by atoms with Gasteiger partial charge in [0.2, 0.25) is 15.9 Å². The molecule has 9 heteroatoms. The number of carbonyl (C=O) groups is 1. The summed E-state index contributed by atoms with van der Waals surface area (Å²) in [5, 5.41) is 2.61. The number of morpholine rings is 1. The summed E-state index contributed by atoms with van der Waals surface area (Å²) in [6.45, 7) is 2.37. The summed E-state index contributed by atoms with van der Waals surface area (Å²) in [5.41, 5.74) is 1.49. The van der Waals surface area contributed by atoms with Crippen LogP contribution in [-0.2, 0) is 19.6 Å². The number of ether oxygens (including phenoxy) is 1. The minimum Gasteiger partial charge on any atom is -0.378 e. The SMILES string of the molecule is CNS(=O)(=O)c1ccc(/C=C/C(=O)Nc2ccc(N3CCOCC3)c(F)c2)cc1.